The van der Waals surface area contributed by atoms with Gasteiger partial charge in [0.05, 0.1) is 16.0 Å². The highest BCUT2D eigenvalue weighted by Crippen LogP contribution is 2.32. The lowest BCUT2D eigenvalue weighted by Gasteiger charge is -2.21. The molecule has 148 valence electrons. The summed E-state index contributed by atoms with van der Waals surface area (Å²) < 4.78 is 14.2. The Balaban J connectivity index is 1.82. The number of benzene rings is 2. The molecule has 0 aliphatic rings. The molecule has 0 aliphatic carbocycles. The summed E-state index contributed by atoms with van der Waals surface area (Å²) >= 11 is 2.97. The van der Waals surface area contributed by atoms with Crippen molar-refractivity contribution in [2.45, 2.75) is 18.7 Å². The van der Waals surface area contributed by atoms with Crippen molar-refractivity contribution < 1.29 is 9.18 Å². The van der Waals surface area contributed by atoms with Gasteiger partial charge in [-0.15, -0.1) is 11.8 Å². The van der Waals surface area contributed by atoms with E-state index in [0.717, 1.165) is 32.4 Å². The summed E-state index contributed by atoms with van der Waals surface area (Å²) in [5.74, 6) is 0.0144. The first kappa shape index (κ1) is 20.8. The Labute approximate surface area is 173 Å². The molecular formula is C21H24FN3OS2. The predicted molar refractivity (Wildman–Crippen MR) is 117 cm³/mol. The molecule has 0 radical (unpaired) electrons. The highest BCUT2D eigenvalue weighted by atomic mass is 32.2. The molecule has 2 aromatic carbocycles. The van der Waals surface area contributed by atoms with Crippen LogP contribution in [0.25, 0.3) is 10.2 Å². The van der Waals surface area contributed by atoms with E-state index in [1.807, 2.05) is 14.1 Å². The van der Waals surface area contributed by atoms with Crippen LogP contribution in [0.4, 0.5) is 9.52 Å². The second-order valence-corrected chi connectivity index (χ2v) is 9.07. The standard InChI is InChI=1S/C21H24FN3OS2/c1-14-11-15(2)20-18(12-14)28-21(23-20)25(10-9-24(3)4)19(26)13-27-17-7-5-16(22)6-8-17/h5-8,11-12H,9-10,13H2,1-4H3. The van der Waals surface area contributed by atoms with Crippen molar-refractivity contribution in [3.05, 3.63) is 53.3 Å². The number of aryl methyl sites for hydroxylation is 2. The number of halogens is 1. The lowest BCUT2D eigenvalue weighted by atomic mass is 10.1. The minimum Gasteiger partial charge on any atom is -0.308 e. The molecule has 1 amide bonds. The zero-order chi connectivity index (χ0) is 20.3. The maximum Gasteiger partial charge on any atom is 0.239 e. The van der Waals surface area contributed by atoms with E-state index in [0.29, 0.717) is 6.54 Å². The van der Waals surface area contributed by atoms with Gasteiger partial charge in [-0.2, -0.15) is 0 Å². The fourth-order valence-electron chi connectivity index (χ4n) is 2.86. The van der Waals surface area contributed by atoms with Gasteiger partial charge in [0.15, 0.2) is 5.13 Å². The van der Waals surface area contributed by atoms with Crippen molar-refractivity contribution in [2.24, 2.45) is 0 Å². The van der Waals surface area contributed by atoms with Gasteiger partial charge in [0, 0.05) is 18.0 Å². The molecule has 3 aromatic rings. The highest BCUT2D eigenvalue weighted by molar-refractivity contribution is 8.00. The van der Waals surface area contributed by atoms with Gasteiger partial charge in [-0.05, 0) is 69.4 Å². The third-order valence-electron chi connectivity index (χ3n) is 4.30. The molecule has 0 N–H and O–H groups in total. The minimum absolute atomic E-state index is 0.00426. The molecule has 0 fully saturated rings. The van der Waals surface area contributed by atoms with Gasteiger partial charge < -0.3 is 4.90 Å². The Morgan fingerprint density at radius 2 is 1.86 bits per heavy atom. The molecule has 0 bridgehead atoms. The number of nitrogens with zero attached hydrogens (tertiary/aromatic N) is 3. The smallest absolute Gasteiger partial charge is 0.239 e. The maximum absolute atomic E-state index is 13.1. The number of thiazole rings is 1. The molecule has 0 spiro atoms. The first-order valence-electron chi connectivity index (χ1n) is 9.05. The number of hydrogen-bond donors (Lipinski definition) is 0. The molecular weight excluding hydrogens is 393 g/mol. The normalized spacial score (nSPS) is 11.4. The van der Waals surface area contributed by atoms with E-state index in [1.54, 1.807) is 28.4 Å². The molecule has 28 heavy (non-hydrogen) atoms. The largest absolute Gasteiger partial charge is 0.308 e. The summed E-state index contributed by atoms with van der Waals surface area (Å²) in [6.07, 6.45) is 0. The fourth-order valence-corrected chi connectivity index (χ4v) is 4.81. The topological polar surface area (TPSA) is 36.4 Å². The number of likely N-dealkylation sites (N-methyl/N-ethyl adjacent to an activating group) is 1. The summed E-state index contributed by atoms with van der Waals surface area (Å²) in [5.41, 5.74) is 3.27. The Hall–Kier alpha value is -1.96. The van der Waals surface area contributed by atoms with Gasteiger partial charge in [0.2, 0.25) is 5.91 Å². The first-order valence-corrected chi connectivity index (χ1v) is 10.8. The van der Waals surface area contributed by atoms with Gasteiger partial charge in [0.25, 0.3) is 0 Å². The highest BCUT2D eigenvalue weighted by Gasteiger charge is 2.20. The number of thioether (sulfide) groups is 1. The van der Waals surface area contributed by atoms with Crippen LogP contribution in [0, 0.1) is 19.7 Å². The third kappa shape index (κ3) is 5.10. The number of anilines is 1. The van der Waals surface area contributed by atoms with E-state index in [4.69, 9.17) is 4.98 Å². The van der Waals surface area contributed by atoms with Gasteiger partial charge in [-0.3, -0.25) is 9.69 Å². The van der Waals surface area contributed by atoms with Crippen LogP contribution in [0.1, 0.15) is 11.1 Å². The van der Waals surface area contributed by atoms with Crippen molar-refractivity contribution in [1.82, 2.24) is 9.88 Å². The van der Waals surface area contributed by atoms with Crippen molar-refractivity contribution >= 4 is 44.4 Å². The number of aromatic nitrogens is 1. The molecule has 0 atom stereocenters. The maximum atomic E-state index is 13.1. The number of rotatable bonds is 7. The number of fused-ring (bicyclic) bond motifs is 1. The summed E-state index contributed by atoms with van der Waals surface area (Å²) in [6, 6.07) is 10.4. The van der Waals surface area contributed by atoms with Gasteiger partial charge in [0.1, 0.15) is 5.82 Å². The van der Waals surface area contributed by atoms with Crippen molar-refractivity contribution in [3.8, 4) is 0 Å². The van der Waals surface area contributed by atoms with Crippen molar-refractivity contribution in [3.63, 3.8) is 0 Å². The third-order valence-corrected chi connectivity index (χ3v) is 6.32. The average molecular weight is 418 g/mol. The van der Waals surface area contributed by atoms with Crippen LogP contribution in [-0.4, -0.2) is 48.7 Å². The van der Waals surface area contributed by atoms with E-state index in [9.17, 15) is 9.18 Å². The zero-order valence-electron chi connectivity index (χ0n) is 16.5. The van der Waals surface area contributed by atoms with Crippen molar-refractivity contribution in [1.29, 1.82) is 0 Å². The van der Waals surface area contributed by atoms with E-state index >= 15 is 0 Å². The molecule has 3 rings (SSSR count). The number of carbonyl (C=O) groups excluding carboxylic acids is 1. The van der Waals surface area contributed by atoms with Crippen LogP contribution in [0.5, 0.6) is 0 Å². The summed E-state index contributed by atoms with van der Waals surface area (Å²) in [5, 5.41) is 0.732. The van der Waals surface area contributed by atoms with Crippen LogP contribution in [-0.2, 0) is 4.79 Å². The van der Waals surface area contributed by atoms with Crippen LogP contribution < -0.4 is 4.90 Å². The lowest BCUT2D eigenvalue weighted by Crippen LogP contribution is -2.37. The second kappa shape index (κ2) is 9.03. The SMILES string of the molecule is Cc1cc(C)c2nc(N(CCN(C)C)C(=O)CSc3ccc(F)cc3)sc2c1. The monoisotopic (exact) mass is 417 g/mol. The van der Waals surface area contributed by atoms with E-state index < -0.39 is 0 Å². The molecule has 7 heteroatoms. The number of amides is 1. The molecule has 0 unspecified atom stereocenters. The van der Waals surface area contributed by atoms with Crippen molar-refractivity contribution in [2.75, 3.05) is 37.8 Å². The summed E-state index contributed by atoms with van der Waals surface area (Å²) in [6.45, 7) is 5.45. The Bertz CT molecular complexity index is 970. The molecule has 1 aromatic heterocycles. The Kier molecular flexibility index (Phi) is 6.69. The number of hydrogen-bond acceptors (Lipinski definition) is 5. The first-order chi connectivity index (χ1) is 13.3. The average Bonchev–Trinajstić information content (AvgIpc) is 3.05. The summed E-state index contributed by atoms with van der Waals surface area (Å²) in [4.78, 5) is 22.5. The number of carbonyl (C=O) groups is 1. The van der Waals surface area contributed by atoms with Crippen LogP contribution in [0.3, 0.4) is 0 Å². The van der Waals surface area contributed by atoms with Gasteiger partial charge >= 0.3 is 0 Å². The quantitative estimate of drug-likeness (QED) is 0.520. The second-order valence-electron chi connectivity index (χ2n) is 7.02. The Morgan fingerprint density at radius 3 is 2.54 bits per heavy atom. The summed E-state index contributed by atoms with van der Waals surface area (Å²) in [7, 11) is 3.98. The van der Waals surface area contributed by atoms with Crippen LogP contribution in [0.2, 0.25) is 0 Å². The zero-order valence-corrected chi connectivity index (χ0v) is 18.2. The van der Waals surface area contributed by atoms with Gasteiger partial charge in [-0.1, -0.05) is 17.4 Å². The predicted octanol–water partition coefficient (Wildman–Crippen LogP) is 4.74. The lowest BCUT2D eigenvalue weighted by molar-refractivity contribution is -0.116. The van der Waals surface area contributed by atoms with Crippen LogP contribution in [0.15, 0.2) is 41.3 Å². The minimum atomic E-state index is -0.275. The van der Waals surface area contributed by atoms with E-state index in [1.165, 1.54) is 29.5 Å². The molecule has 0 saturated heterocycles. The van der Waals surface area contributed by atoms with E-state index in [-0.39, 0.29) is 17.5 Å². The Morgan fingerprint density at radius 1 is 1.14 bits per heavy atom. The van der Waals surface area contributed by atoms with Gasteiger partial charge in [-0.25, -0.2) is 9.37 Å². The molecule has 0 saturated carbocycles. The molecule has 1 heterocycles. The van der Waals surface area contributed by atoms with E-state index in [2.05, 4.69) is 30.9 Å². The molecule has 0 aliphatic heterocycles. The molecule has 4 nitrogen and oxygen atoms in total. The fraction of sp³-hybridized carbons (Fsp3) is 0.333. The van der Waals surface area contributed by atoms with Crippen LogP contribution >= 0.6 is 23.1 Å².